The predicted molar refractivity (Wildman–Crippen MR) is 82.5 cm³/mol. The van der Waals surface area contributed by atoms with Crippen LogP contribution in [0, 0.1) is 5.92 Å². The summed E-state index contributed by atoms with van der Waals surface area (Å²) in [6.45, 7) is 2.41. The molecule has 0 bridgehead atoms. The average molecular weight is 289 g/mol. The molecule has 0 radical (unpaired) electrons. The molecule has 114 valence electrons. The smallest absolute Gasteiger partial charge is 0.227 e. The predicted octanol–water partition coefficient (Wildman–Crippen LogP) is 1.78. The molecule has 21 heavy (non-hydrogen) atoms. The lowest BCUT2D eigenvalue weighted by Gasteiger charge is -2.10. The molecule has 1 aromatic rings. The van der Waals surface area contributed by atoms with Crippen LogP contribution in [-0.4, -0.2) is 17.9 Å². The number of benzene rings is 1. The monoisotopic (exact) mass is 289 g/mol. The van der Waals surface area contributed by atoms with Gasteiger partial charge in [0.15, 0.2) is 0 Å². The minimum atomic E-state index is -0.0887. The zero-order chi connectivity index (χ0) is 15.2. The van der Waals surface area contributed by atoms with Crippen LogP contribution in [0.3, 0.4) is 0 Å². The highest BCUT2D eigenvalue weighted by Crippen LogP contribution is 2.30. The third-order valence-electron chi connectivity index (χ3n) is 3.60. The van der Waals surface area contributed by atoms with Gasteiger partial charge in [-0.1, -0.05) is 19.1 Å². The normalized spacial score (nSPS) is 15.3. The number of amides is 2. The van der Waals surface area contributed by atoms with Crippen LogP contribution in [0.2, 0.25) is 0 Å². The summed E-state index contributed by atoms with van der Waals surface area (Å²) in [6, 6.07) is 7.46. The zero-order valence-corrected chi connectivity index (χ0v) is 12.4. The van der Waals surface area contributed by atoms with Gasteiger partial charge in [0.1, 0.15) is 0 Å². The van der Waals surface area contributed by atoms with Gasteiger partial charge in [0.05, 0.1) is 0 Å². The molecule has 0 aromatic heterocycles. The molecule has 4 N–H and O–H groups in total. The molecule has 0 spiro atoms. The Morgan fingerprint density at radius 2 is 2.14 bits per heavy atom. The average Bonchev–Trinajstić information content (AvgIpc) is 3.30. The van der Waals surface area contributed by atoms with Crippen molar-refractivity contribution in [1.29, 1.82) is 0 Å². The van der Waals surface area contributed by atoms with E-state index in [1.807, 2.05) is 31.2 Å². The van der Waals surface area contributed by atoms with E-state index < -0.39 is 0 Å². The molecular formula is C16H23N3O2. The number of carbonyl (C=O) groups excluding carboxylic acids is 2. The first-order valence-corrected chi connectivity index (χ1v) is 7.50. The number of nitrogens with two attached hydrogens (primary N) is 1. The van der Waals surface area contributed by atoms with Gasteiger partial charge in [0.25, 0.3) is 0 Å². The van der Waals surface area contributed by atoms with E-state index >= 15 is 0 Å². The molecule has 0 aliphatic heterocycles. The van der Waals surface area contributed by atoms with Crippen LogP contribution in [-0.2, 0) is 16.1 Å². The molecule has 5 nitrogen and oxygen atoms in total. The third-order valence-corrected chi connectivity index (χ3v) is 3.60. The molecule has 1 aliphatic rings. The van der Waals surface area contributed by atoms with Crippen LogP contribution in [0.15, 0.2) is 24.3 Å². The minimum absolute atomic E-state index is 0.0447. The van der Waals surface area contributed by atoms with Crippen LogP contribution in [0.4, 0.5) is 5.69 Å². The quantitative estimate of drug-likeness (QED) is 0.715. The second-order valence-corrected chi connectivity index (χ2v) is 5.61. The molecule has 1 aromatic carbocycles. The summed E-state index contributed by atoms with van der Waals surface area (Å²) in [5.74, 6) is 0.228. The largest absolute Gasteiger partial charge is 0.352 e. The second kappa shape index (κ2) is 7.22. The van der Waals surface area contributed by atoms with Gasteiger partial charge in [0.2, 0.25) is 11.8 Å². The highest BCUT2D eigenvalue weighted by Gasteiger charge is 2.29. The first-order chi connectivity index (χ1) is 10.1. The first-order valence-electron chi connectivity index (χ1n) is 7.50. The Morgan fingerprint density at radius 1 is 1.38 bits per heavy atom. The van der Waals surface area contributed by atoms with Crippen LogP contribution >= 0.6 is 0 Å². The summed E-state index contributed by atoms with van der Waals surface area (Å²) in [7, 11) is 0. The van der Waals surface area contributed by atoms with Gasteiger partial charge in [-0.05, 0) is 37.0 Å². The van der Waals surface area contributed by atoms with Crippen molar-refractivity contribution in [2.75, 3.05) is 5.32 Å². The van der Waals surface area contributed by atoms with Crippen molar-refractivity contribution >= 4 is 17.5 Å². The Bertz CT molecular complexity index is 512. The highest BCUT2D eigenvalue weighted by molar-refractivity contribution is 5.94. The summed E-state index contributed by atoms with van der Waals surface area (Å²) in [5.41, 5.74) is 7.49. The van der Waals surface area contributed by atoms with Crippen LogP contribution in [0.5, 0.6) is 0 Å². The summed E-state index contributed by atoms with van der Waals surface area (Å²) >= 11 is 0. The van der Waals surface area contributed by atoms with E-state index in [0.29, 0.717) is 13.0 Å². The molecule has 5 heteroatoms. The lowest BCUT2D eigenvalue weighted by Crippen LogP contribution is -2.30. The molecule has 0 heterocycles. The zero-order valence-electron chi connectivity index (χ0n) is 12.4. The molecule has 1 aliphatic carbocycles. The van der Waals surface area contributed by atoms with Gasteiger partial charge in [-0.2, -0.15) is 0 Å². The number of hydrogen-bond donors (Lipinski definition) is 3. The van der Waals surface area contributed by atoms with Crippen molar-refractivity contribution in [3.8, 4) is 0 Å². The summed E-state index contributed by atoms with van der Waals surface area (Å²) in [6.07, 6.45) is 3.10. The van der Waals surface area contributed by atoms with E-state index in [9.17, 15) is 9.59 Å². The van der Waals surface area contributed by atoms with Crippen molar-refractivity contribution in [3.05, 3.63) is 29.8 Å². The number of hydrogen-bond acceptors (Lipinski definition) is 3. The standard InChI is InChI=1S/C16H23N3O2/c1-2-13(17)9-15(20)18-10-11-4-3-5-14(8-11)19-16(21)12-6-7-12/h3-5,8,12-13H,2,6-7,9-10,17H2,1H3,(H,18,20)(H,19,21). The number of anilines is 1. The van der Waals surface area contributed by atoms with Crippen LogP contribution < -0.4 is 16.4 Å². The Balaban J connectivity index is 1.82. The van der Waals surface area contributed by atoms with E-state index in [2.05, 4.69) is 10.6 Å². The van der Waals surface area contributed by atoms with E-state index in [0.717, 1.165) is 30.5 Å². The topological polar surface area (TPSA) is 84.2 Å². The molecule has 2 rings (SSSR count). The molecule has 1 unspecified atom stereocenters. The lowest BCUT2D eigenvalue weighted by molar-refractivity contribution is -0.121. The van der Waals surface area contributed by atoms with Crippen LogP contribution in [0.25, 0.3) is 0 Å². The Morgan fingerprint density at radius 3 is 2.81 bits per heavy atom. The maximum Gasteiger partial charge on any atom is 0.227 e. The van der Waals surface area contributed by atoms with E-state index in [-0.39, 0.29) is 23.8 Å². The Labute approximate surface area is 125 Å². The molecule has 1 saturated carbocycles. The van der Waals surface area contributed by atoms with Crippen molar-refractivity contribution in [1.82, 2.24) is 5.32 Å². The van der Waals surface area contributed by atoms with Crippen LogP contribution in [0.1, 0.15) is 38.2 Å². The highest BCUT2D eigenvalue weighted by atomic mass is 16.2. The fourth-order valence-corrected chi connectivity index (χ4v) is 2.00. The SMILES string of the molecule is CCC(N)CC(=O)NCc1cccc(NC(=O)C2CC2)c1. The molecule has 2 amide bonds. The third kappa shape index (κ3) is 5.19. The van der Waals surface area contributed by atoms with Crippen molar-refractivity contribution in [2.45, 2.75) is 45.2 Å². The van der Waals surface area contributed by atoms with Gasteiger partial charge in [-0.3, -0.25) is 9.59 Å². The maximum absolute atomic E-state index is 11.7. The molecule has 0 saturated heterocycles. The summed E-state index contributed by atoms with van der Waals surface area (Å²) in [4.78, 5) is 23.4. The Kier molecular flexibility index (Phi) is 5.33. The van der Waals surface area contributed by atoms with Gasteiger partial charge in [-0.25, -0.2) is 0 Å². The summed E-state index contributed by atoms with van der Waals surface area (Å²) in [5, 5.41) is 5.75. The molecular weight excluding hydrogens is 266 g/mol. The van der Waals surface area contributed by atoms with Crippen molar-refractivity contribution in [2.24, 2.45) is 11.7 Å². The number of carbonyl (C=O) groups is 2. The molecule has 1 atom stereocenters. The fraction of sp³-hybridized carbons (Fsp3) is 0.500. The van der Waals surface area contributed by atoms with Crippen molar-refractivity contribution < 1.29 is 9.59 Å². The van der Waals surface area contributed by atoms with Gasteiger partial charge >= 0.3 is 0 Å². The Hall–Kier alpha value is -1.88. The fourth-order valence-electron chi connectivity index (χ4n) is 2.00. The van der Waals surface area contributed by atoms with E-state index in [1.165, 1.54) is 0 Å². The van der Waals surface area contributed by atoms with E-state index in [4.69, 9.17) is 5.73 Å². The minimum Gasteiger partial charge on any atom is -0.352 e. The van der Waals surface area contributed by atoms with Gasteiger partial charge < -0.3 is 16.4 Å². The van der Waals surface area contributed by atoms with E-state index in [1.54, 1.807) is 0 Å². The maximum atomic E-state index is 11.7. The lowest BCUT2D eigenvalue weighted by atomic mass is 10.1. The summed E-state index contributed by atoms with van der Waals surface area (Å²) < 4.78 is 0. The molecule has 1 fully saturated rings. The first kappa shape index (κ1) is 15.5. The number of rotatable bonds is 7. The number of nitrogens with one attached hydrogen (secondary N) is 2. The van der Waals surface area contributed by atoms with Gasteiger partial charge in [-0.15, -0.1) is 0 Å². The van der Waals surface area contributed by atoms with Gasteiger partial charge in [0, 0.05) is 30.6 Å². The second-order valence-electron chi connectivity index (χ2n) is 5.61. The van der Waals surface area contributed by atoms with Crippen molar-refractivity contribution in [3.63, 3.8) is 0 Å².